The van der Waals surface area contributed by atoms with Crippen LogP contribution in [-0.4, -0.2) is 28.1 Å². The van der Waals surface area contributed by atoms with Crippen LogP contribution in [0.2, 0.25) is 0 Å². The fourth-order valence-corrected chi connectivity index (χ4v) is 1.17. The maximum atomic E-state index is 11.6. The average Bonchev–Trinajstić information content (AvgIpc) is 2.21. The Balaban J connectivity index is 2.88. The Morgan fingerprint density at radius 1 is 1.38 bits per heavy atom. The van der Waals surface area contributed by atoms with Crippen molar-refractivity contribution in [3.63, 3.8) is 0 Å². The molecule has 0 spiro atoms. The molecule has 0 saturated heterocycles. The minimum atomic E-state index is -1.12. The number of amides is 1. The van der Waals surface area contributed by atoms with Gasteiger partial charge in [-0.25, -0.2) is 0 Å². The summed E-state index contributed by atoms with van der Waals surface area (Å²) in [4.78, 5) is 22.1. The lowest BCUT2D eigenvalue weighted by molar-refractivity contribution is -0.138. The molecule has 1 amide bonds. The molecule has 0 aromatic heterocycles. The Kier molecular flexibility index (Phi) is 3.50. The van der Waals surface area contributed by atoms with Gasteiger partial charge < -0.3 is 15.5 Å². The number of carboxylic acids is 1. The van der Waals surface area contributed by atoms with Crippen molar-refractivity contribution in [3.8, 4) is 5.75 Å². The number of nitrogens with one attached hydrogen (secondary N) is 1. The van der Waals surface area contributed by atoms with Crippen molar-refractivity contribution >= 4 is 11.9 Å². The maximum Gasteiger partial charge on any atom is 0.325 e. The SMILES string of the molecule is Cc1ccc(O)c(C(=O)N[C@H](C)C(=O)O)c1. The van der Waals surface area contributed by atoms with Crippen LogP contribution in [0.15, 0.2) is 18.2 Å². The number of rotatable bonds is 3. The summed E-state index contributed by atoms with van der Waals surface area (Å²) in [6.07, 6.45) is 0. The molecule has 3 N–H and O–H groups in total. The monoisotopic (exact) mass is 223 g/mol. The molecular weight excluding hydrogens is 210 g/mol. The van der Waals surface area contributed by atoms with Gasteiger partial charge in [-0.3, -0.25) is 9.59 Å². The van der Waals surface area contributed by atoms with Gasteiger partial charge in [-0.1, -0.05) is 11.6 Å². The van der Waals surface area contributed by atoms with E-state index in [1.54, 1.807) is 13.0 Å². The number of benzene rings is 1. The molecule has 16 heavy (non-hydrogen) atoms. The Morgan fingerprint density at radius 3 is 2.56 bits per heavy atom. The van der Waals surface area contributed by atoms with Crippen LogP contribution in [0.25, 0.3) is 0 Å². The van der Waals surface area contributed by atoms with Gasteiger partial charge in [0.05, 0.1) is 5.56 Å². The number of hydrogen-bond acceptors (Lipinski definition) is 3. The molecule has 0 aliphatic rings. The highest BCUT2D eigenvalue weighted by atomic mass is 16.4. The number of aromatic hydroxyl groups is 1. The van der Waals surface area contributed by atoms with Crippen molar-refractivity contribution in [1.82, 2.24) is 5.32 Å². The lowest BCUT2D eigenvalue weighted by atomic mass is 10.1. The molecule has 0 heterocycles. The standard InChI is InChI=1S/C11H13NO4/c1-6-3-4-9(13)8(5-6)10(14)12-7(2)11(15)16/h3-5,7,13H,1-2H3,(H,12,14)(H,15,16)/t7-/m1/s1. The summed E-state index contributed by atoms with van der Waals surface area (Å²) in [5.74, 6) is -1.89. The molecule has 5 nitrogen and oxygen atoms in total. The number of aryl methyl sites for hydroxylation is 1. The van der Waals surface area contributed by atoms with E-state index in [1.807, 2.05) is 0 Å². The van der Waals surface area contributed by atoms with Gasteiger partial charge in [-0.05, 0) is 26.0 Å². The van der Waals surface area contributed by atoms with E-state index in [0.717, 1.165) is 5.56 Å². The van der Waals surface area contributed by atoms with Crippen LogP contribution < -0.4 is 5.32 Å². The van der Waals surface area contributed by atoms with E-state index < -0.39 is 17.9 Å². The molecule has 1 rings (SSSR count). The number of hydrogen-bond donors (Lipinski definition) is 3. The topological polar surface area (TPSA) is 86.6 Å². The third-order valence-corrected chi connectivity index (χ3v) is 2.11. The van der Waals surface area contributed by atoms with Crippen molar-refractivity contribution in [2.24, 2.45) is 0 Å². The average molecular weight is 223 g/mol. The zero-order valence-electron chi connectivity index (χ0n) is 9.02. The number of carboxylic acid groups (broad SMARTS) is 1. The smallest absolute Gasteiger partial charge is 0.325 e. The number of phenolic OH excluding ortho intramolecular Hbond substituents is 1. The Labute approximate surface area is 92.7 Å². The Bertz CT molecular complexity index is 428. The third kappa shape index (κ3) is 2.73. The van der Waals surface area contributed by atoms with E-state index in [-0.39, 0.29) is 11.3 Å². The van der Waals surface area contributed by atoms with E-state index in [0.29, 0.717) is 0 Å². The normalized spacial score (nSPS) is 11.9. The van der Waals surface area contributed by atoms with Crippen molar-refractivity contribution < 1.29 is 19.8 Å². The van der Waals surface area contributed by atoms with E-state index in [2.05, 4.69) is 5.32 Å². The number of carbonyl (C=O) groups excluding carboxylic acids is 1. The Morgan fingerprint density at radius 2 is 2.00 bits per heavy atom. The minimum Gasteiger partial charge on any atom is -0.507 e. The summed E-state index contributed by atoms with van der Waals surface area (Å²) in [6.45, 7) is 3.13. The number of carbonyl (C=O) groups is 2. The van der Waals surface area contributed by atoms with Gasteiger partial charge in [0.15, 0.2) is 0 Å². The van der Waals surface area contributed by atoms with E-state index in [1.165, 1.54) is 19.1 Å². The molecule has 0 bridgehead atoms. The maximum absolute atomic E-state index is 11.6. The van der Waals surface area contributed by atoms with Gasteiger partial charge in [-0.2, -0.15) is 0 Å². The second-order valence-electron chi connectivity index (χ2n) is 3.55. The molecule has 86 valence electrons. The summed E-state index contributed by atoms with van der Waals surface area (Å²) in [5, 5.41) is 20.3. The molecule has 5 heteroatoms. The fraction of sp³-hybridized carbons (Fsp3) is 0.273. The van der Waals surface area contributed by atoms with E-state index >= 15 is 0 Å². The highest BCUT2D eigenvalue weighted by Gasteiger charge is 2.17. The van der Waals surface area contributed by atoms with Gasteiger partial charge in [-0.15, -0.1) is 0 Å². The molecule has 0 aliphatic heterocycles. The van der Waals surface area contributed by atoms with Gasteiger partial charge in [0.2, 0.25) is 0 Å². The third-order valence-electron chi connectivity index (χ3n) is 2.11. The first kappa shape index (κ1) is 12.0. The summed E-state index contributed by atoms with van der Waals surface area (Å²) in [5.41, 5.74) is 0.888. The molecule has 1 aromatic rings. The van der Waals surface area contributed by atoms with Crippen LogP contribution in [-0.2, 0) is 4.79 Å². The summed E-state index contributed by atoms with van der Waals surface area (Å²) < 4.78 is 0. The van der Waals surface area contributed by atoms with Gasteiger partial charge >= 0.3 is 5.97 Å². The van der Waals surface area contributed by atoms with Crippen molar-refractivity contribution in [2.75, 3.05) is 0 Å². The number of phenols is 1. The largest absolute Gasteiger partial charge is 0.507 e. The second kappa shape index (κ2) is 4.65. The molecule has 0 unspecified atom stereocenters. The Hall–Kier alpha value is -2.04. The first-order chi connectivity index (χ1) is 7.41. The molecule has 1 aromatic carbocycles. The first-order valence-electron chi connectivity index (χ1n) is 4.75. The minimum absolute atomic E-state index is 0.0769. The van der Waals surface area contributed by atoms with Crippen molar-refractivity contribution in [1.29, 1.82) is 0 Å². The van der Waals surface area contributed by atoms with Crippen LogP contribution in [0.5, 0.6) is 5.75 Å². The zero-order chi connectivity index (χ0) is 12.3. The molecular formula is C11H13NO4. The quantitative estimate of drug-likeness (QED) is 0.710. The predicted molar refractivity (Wildman–Crippen MR) is 57.4 cm³/mol. The van der Waals surface area contributed by atoms with Crippen LogP contribution in [0.3, 0.4) is 0 Å². The van der Waals surface area contributed by atoms with E-state index in [9.17, 15) is 14.7 Å². The molecule has 0 radical (unpaired) electrons. The van der Waals surface area contributed by atoms with Crippen LogP contribution in [0.1, 0.15) is 22.8 Å². The summed E-state index contributed by atoms with van der Waals surface area (Å²) in [7, 11) is 0. The highest BCUT2D eigenvalue weighted by molar-refractivity contribution is 5.98. The van der Waals surface area contributed by atoms with Crippen molar-refractivity contribution in [2.45, 2.75) is 19.9 Å². The van der Waals surface area contributed by atoms with Crippen LogP contribution in [0, 0.1) is 6.92 Å². The first-order valence-corrected chi connectivity index (χ1v) is 4.75. The molecule has 0 aliphatic carbocycles. The molecule has 0 fully saturated rings. The summed E-state index contributed by atoms with van der Waals surface area (Å²) >= 11 is 0. The number of aliphatic carboxylic acids is 1. The van der Waals surface area contributed by atoms with E-state index in [4.69, 9.17) is 5.11 Å². The van der Waals surface area contributed by atoms with Crippen LogP contribution >= 0.6 is 0 Å². The predicted octanol–water partition coefficient (Wildman–Crippen LogP) is 0.904. The van der Waals surface area contributed by atoms with Gasteiger partial charge in [0, 0.05) is 0 Å². The lowest BCUT2D eigenvalue weighted by Gasteiger charge is -2.10. The second-order valence-corrected chi connectivity index (χ2v) is 3.55. The molecule has 1 atom stereocenters. The molecule has 0 saturated carbocycles. The highest BCUT2D eigenvalue weighted by Crippen LogP contribution is 2.17. The van der Waals surface area contributed by atoms with Gasteiger partial charge in [0.1, 0.15) is 11.8 Å². The van der Waals surface area contributed by atoms with Crippen LogP contribution in [0.4, 0.5) is 0 Å². The fourth-order valence-electron chi connectivity index (χ4n) is 1.17. The van der Waals surface area contributed by atoms with Gasteiger partial charge in [0.25, 0.3) is 5.91 Å². The zero-order valence-corrected chi connectivity index (χ0v) is 9.02. The summed E-state index contributed by atoms with van der Waals surface area (Å²) in [6, 6.07) is 3.56. The lowest BCUT2D eigenvalue weighted by Crippen LogP contribution is -2.38. The van der Waals surface area contributed by atoms with Crippen molar-refractivity contribution in [3.05, 3.63) is 29.3 Å².